The van der Waals surface area contributed by atoms with E-state index in [0.29, 0.717) is 5.92 Å². The van der Waals surface area contributed by atoms with Gasteiger partial charge in [0.05, 0.1) is 6.61 Å². The fourth-order valence-electron chi connectivity index (χ4n) is 1.49. The Morgan fingerprint density at radius 3 is 2.73 bits per heavy atom. The maximum Gasteiger partial charge on any atom is 0.122 e. The van der Waals surface area contributed by atoms with Gasteiger partial charge in [0.25, 0.3) is 0 Å². The molecule has 1 nitrogen and oxygen atoms in total. The van der Waals surface area contributed by atoms with Crippen LogP contribution in [0.3, 0.4) is 0 Å². The van der Waals surface area contributed by atoms with Crippen LogP contribution in [0.15, 0.2) is 24.3 Å². The minimum Gasteiger partial charge on any atom is -0.493 e. The van der Waals surface area contributed by atoms with Crippen molar-refractivity contribution in [1.29, 1.82) is 0 Å². The predicted octanol–water partition coefficient (Wildman–Crippen LogP) is 3.90. The van der Waals surface area contributed by atoms with Crippen LogP contribution in [0.25, 0.3) is 0 Å². The minimum atomic E-state index is 0.567. The van der Waals surface area contributed by atoms with Gasteiger partial charge >= 0.3 is 0 Å². The van der Waals surface area contributed by atoms with Crippen LogP contribution >= 0.6 is 12.6 Å². The zero-order valence-corrected chi connectivity index (χ0v) is 10.5. The average Bonchev–Trinajstić information content (AvgIpc) is 2.29. The number of benzene rings is 1. The van der Waals surface area contributed by atoms with Crippen LogP contribution in [0, 0.1) is 0 Å². The lowest BCUT2D eigenvalue weighted by molar-refractivity contribution is 0.313. The van der Waals surface area contributed by atoms with Crippen LogP contribution in [0.4, 0.5) is 0 Å². The molecule has 0 saturated heterocycles. The maximum atomic E-state index is 5.75. The molecule has 15 heavy (non-hydrogen) atoms. The SMILES string of the molecule is CCC(C)c1ccccc1OCCCS. The lowest BCUT2D eigenvalue weighted by Gasteiger charge is -2.15. The molecule has 1 aromatic carbocycles. The highest BCUT2D eigenvalue weighted by molar-refractivity contribution is 7.80. The first-order valence-corrected chi connectivity index (χ1v) is 6.25. The lowest BCUT2D eigenvalue weighted by atomic mass is 9.98. The Balaban J connectivity index is 2.68. The summed E-state index contributed by atoms with van der Waals surface area (Å²) in [6.45, 7) is 5.20. The average molecular weight is 224 g/mol. The lowest BCUT2D eigenvalue weighted by Crippen LogP contribution is -2.02. The predicted molar refractivity (Wildman–Crippen MR) is 69.1 cm³/mol. The summed E-state index contributed by atoms with van der Waals surface area (Å²) in [5.41, 5.74) is 1.32. The van der Waals surface area contributed by atoms with Gasteiger partial charge in [0.2, 0.25) is 0 Å². The molecule has 0 N–H and O–H groups in total. The monoisotopic (exact) mass is 224 g/mol. The minimum absolute atomic E-state index is 0.567. The smallest absolute Gasteiger partial charge is 0.122 e. The highest BCUT2D eigenvalue weighted by Gasteiger charge is 2.08. The van der Waals surface area contributed by atoms with Gasteiger partial charge in [0.1, 0.15) is 5.75 Å². The van der Waals surface area contributed by atoms with Crippen molar-refractivity contribution >= 4 is 12.6 Å². The summed E-state index contributed by atoms with van der Waals surface area (Å²) in [7, 11) is 0. The zero-order valence-electron chi connectivity index (χ0n) is 9.57. The van der Waals surface area contributed by atoms with Gasteiger partial charge in [-0.15, -0.1) is 0 Å². The van der Waals surface area contributed by atoms with E-state index in [1.54, 1.807) is 0 Å². The van der Waals surface area contributed by atoms with E-state index in [-0.39, 0.29) is 0 Å². The van der Waals surface area contributed by atoms with Crippen molar-refractivity contribution in [3.63, 3.8) is 0 Å². The van der Waals surface area contributed by atoms with Gasteiger partial charge in [-0.3, -0.25) is 0 Å². The second kappa shape index (κ2) is 6.78. The van der Waals surface area contributed by atoms with Gasteiger partial charge in [0.15, 0.2) is 0 Å². The quantitative estimate of drug-likeness (QED) is 0.569. The Hall–Kier alpha value is -0.630. The van der Waals surface area contributed by atoms with Crippen LogP contribution in [-0.2, 0) is 0 Å². The molecule has 1 rings (SSSR count). The van der Waals surface area contributed by atoms with Crippen LogP contribution in [0.5, 0.6) is 5.75 Å². The molecule has 0 fully saturated rings. The summed E-state index contributed by atoms with van der Waals surface area (Å²) in [4.78, 5) is 0. The third kappa shape index (κ3) is 3.78. The highest BCUT2D eigenvalue weighted by Crippen LogP contribution is 2.28. The number of thiol groups is 1. The number of rotatable bonds is 6. The molecule has 84 valence electrons. The first kappa shape index (κ1) is 12.4. The molecule has 1 atom stereocenters. The van der Waals surface area contributed by atoms with Crippen LogP contribution in [-0.4, -0.2) is 12.4 Å². The molecular weight excluding hydrogens is 204 g/mol. The Morgan fingerprint density at radius 2 is 2.07 bits per heavy atom. The van der Waals surface area contributed by atoms with Crippen molar-refractivity contribution in [1.82, 2.24) is 0 Å². The van der Waals surface area contributed by atoms with Gasteiger partial charge in [0, 0.05) is 0 Å². The molecule has 1 aromatic rings. The largest absolute Gasteiger partial charge is 0.493 e. The normalized spacial score (nSPS) is 12.5. The molecule has 0 aliphatic heterocycles. The first-order valence-electron chi connectivity index (χ1n) is 5.62. The van der Waals surface area contributed by atoms with Crippen molar-refractivity contribution in [2.24, 2.45) is 0 Å². The Labute approximate surface area is 98.3 Å². The van der Waals surface area contributed by atoms with Gasteiger partial charge < -0.3 is 4.74 Å². The van der Waals surface area contributed by atoms with Gasteiger partial charge in [-0.05, 0) is 36.1 Å². The maximum absolute atomic E-state index is 5.75. The third-order valence-corrected chi connectivity index (χ3v) is 2.94. The molecule has 2 heteroatoms. The number of para-hydroxylation sites is 1. The summed E-state index contributed by atoms with van der Waals surface area (Å²) in [5, 5.41) is 0. The second-order valence-corrected chi connectivity index (χ2v) is 4.22. The van der Waals surface area contributed by atoms with Crippen molar-refractivity contribution < 1.29 is 4.74 Å². The summed E-state index contributed by atoms with van der Waals surface area (Å²) in [6.07, 6.45) is 2.14. The standard InChI is InChI=1S/C13H20OS/c1-3-11(2)12-7-4-5-8-13(12)14-9-6-10-15/h4-5,7-8,11,15H,3,6,9-10H2,1-2H3. The molecule has 0 aliphatic carbocycles. The van der Waals surface area contributed by atoms with E-state index >= 15 is 0 Å². The summed E-state index contributed by atoms with van der Waals surface area (Å²) >= 11 is 4.17. The molecule has 0 spiro atoms. The molecule has 0 bridgehead atoms. The van der Waals surface area contributed by atoms with Crippen LogP contribution < -0.4 is 4.74 Å². The molecule has 1 unspecified atom stereocenters. The van der Waals surface area contributed by atoms with Gasteiger partial charge in [-0.25, -0.2) is 0 Å². The molecule has 0 aliphatic rings. The fourth-order valence-corrected chi connectivity index (χ4v) is 1.61. The van der Waals surface area contributed by atoms with E-state index in [1.165, 1.54) is 5.56 Å². The van der Waals surface area contributed by atoms with Crippen molar-refractivity contribution in [2.45, 2.75) is 32.6 Å². The summed E-state index contributed by atoms with van der Waals surface area (Å²) in [5.74, 6) is 2.48. The van der Waals surface area contributed by atoms with E-state index in [0.717, 1.165) is 31.0 Å². The molecule has 0 amide bonds. The molecule has 0 heterocycles. The third-order valence-electron chi connectivity index (χ3n) is 2.62. The van der Waals surface area contributed by atoms with E-state index < -0.39 is 0 Å². The first-order chi connectivity index (χ1) is 7.29. The van der Waals surface area contributed by atoms with E-state index in [2.05, 4.69) is 44.7 Å². The summed E-state index contributed by atoms with van der Waals surface area (Å²) in [6, 6.07) is 8.32. The molecular formula is C13H20OS. The van der Waals surface area contributed by atoms with E-state index in [1.807, 2.05) is 6.07 Å². The topological polar surface area (TPSA) is 9.23 Å². The van der Waals surface area contributed by atoms with E-state index in [9.17, 15) is 0 Å². The van der Waals surface area contributed by atoms with Gasteiger partial charge in [-0.1, -0.05) is 32.0 Å². The molecule has 0 aromatic heterocycles. The van der Waals surface area contributed by atoms with Crippen LogP contribution in [0.2, 0.25) is 0 Å². The van der Waals surface area contributed by atoms with Crippen molar-refractivity contribution in [3.8, 4) is 5.75 Å². The molecule has 0 saturated carbocycles. The van der Waals surface area contributed by atoms with Crippen molar-refractivity contribution in [2.75, 3.05) is 12.4 Å². The summed E-state index contributed by atoms with van der Waals surface area (Å²) < 4.78 is 5.75. The number of hydrogen-bond acceptors (Lipinski definition) is 2. The highest BCUT2D eigenvalue weighted by atomic mass is 32.1. The Morgan fingerprint density at radius 1 is 1.33 bits per heavy atom. The fraction of sp³-hybridized carbons (Fsp3) is 0.538. The Bertz CT molecular complexity index is 286. The van der Waals surface area contributed by atoms with E-state index in [4.69, 9.17) is 4.74 Å². The van der Waals surface area contributed by atoms with Crippen molar-refractivity contribution in [3.05, 3.63) is 29.8 Å². The number of ether oxygens (including phenoxy) is 1. The molecule has 0 radical (unpaired) electrons. The Kier molecular flexibility index (Phi) is 5.62. The van der Waals surface area contributed by atoms with Crippen LogP contribution in [0.1, 0.15) is 38.2 Å². The number of hydrogen-bond donors (Lipinski definition) is 1. The second-order valence-electron chi connectivity index (χ2n) is 3.77. The zero-order chi connectivity index (χ0) is 11.1. The van der Waals surface area contributed by atoms with Gasteiger partial charge in [-0.2, -0.15) is 12.6 Å².